The molecule has 0 bridgehead atoms. The van der Waals surface area contributed by atoms with Crippen molar-refractivity contribution in [2.24, 2.45) is 11.1 Å². The summed E-state index contributed by atoms with van der Waals surface area (Å²) in [5.41, 5.74) is 7.01. The second kappa shape index (κ2) is 7.49. The van der Waals surface area contributed by atoms with Crippen LogP contribution < -0.4 is 5.73 Å². The number of halogens is 2. The van der Waals surface area contributed by atoms with Crippen LogP contribution in [0, 0.1) is 5.41 Å². The Morgan fingerprint density at radius 3 is 2.53 bits per heavy atom. The van der Waals surface area contributed by atoms with Gasteiger partial charge in [0.1, 0.15) is 0 Å². The number of nitrogens with zero attached hydrogens (tertiary/aromatic N) is 1. The molecule has 0 spiro atoms. The summed E-state index contributed by atoms with van der Waals surface area (Å²) in [4.78, 5) is 2.39. The highest BCUT2D eigenvalue weighted by Gasteiger charge is 2.20. The van der Waals surface area contributed by atoms with Crippen LogP contribution in [0.4, 0.5) is 0 Å². The molecular weight excluding hydrogens is 279 g/mol. The molecule has 0 aliphatic carbocycles. The molecule has 1 rings (SSSR count). The first-order valence-electron chi connectivity index (χ1n) is 6.74. The van der Waals surface area contributed by atoms with E-state index in [1.807, 2.05) is 18.2 Å². The maximum Gasteiger partial charge on any atom is 0.0452 e. The molecule has 0 amide bonds. The van der Waals surface area contributed by atoms with E-state index in [4.69, 9.17) is 28.9 Å². The molecule has 19 heavy (non-hydrogen) atoms. The fourth-order valence-electron chi connectivity index (χ4n) is 2.11. The molecule has 108 valence electrons. The van der Waals surface area contributed by atoms with E-state index in [1.165, 1.54) is 0 Å². The first-order valence-corrected chi connectivity index (χ1v) is 7.50. The smallest absolute Gasteiger partial charge is 0.0452 e. The second-order valence-electron chi connectivity index (χ2n) is 5.81. The van der Waals surface area contributed by atoms with Crippen LogP contribution in [0.1, 0.15) is 32.8 Å². The van der Waals surface area contributed by atoms with Crippen molar-refractivity contribution in [3.05, 3.63) is 33.8 Å². The zero-order valence-corrected chi connectivity index (χ0v) is 13.6. The number of nitrogens with two attached hydrogens (primary N) is 1. The van der Waals surface area contributed by atoms with Gasteiger partial charge in [-0.2, -0.15) is 0 Å². The molecule has 0 aromatic heterocycles. The zero-order chi connectivity index (χ0) is 14.5. The summed E-state index contributed by atoms with van der Waals surface area (Å²) < 4.78 is 0. The van der Waals surface area contributed by atoms with E-state index in [1.54, 1.807) is 0 Å². The molecule has 2 nitrogen and oxygen atoms in total. The van der Waals surface area contributed by atoms with Crippen LogP contribution in [0.5, 0.6) is 0 Å². The van der Waals surface area contributed by atoms with Crippen molar-refractivity contribution in [2.45, 2.75) is 33.7 Å². The van der Waals surface area contributed by atoms with E-state index in [-0.39, 0.29) is 5.41 Å². The van der Waals surface area contributed by atoms with Gasteiger partial charge >= 0.3 is 0 Å². The lowest BCUT2D eigenvalue weighted by Crippen LogP contribution is -2.38. The SMILES string of the molecule is CCCN(Cc1cc(Cl)ccc1Cl)CC(C)(C)CN. The van der Waals surface area contributed by atoms with Crippen molar-refractivity contribution in [2.75, 3.05) is 19.6 Å². The largest absolute Gasteiger partial charge is 0.330 e. The van der Waals surface area contributed by atoms with Gasteiger partial charge in [0.15, 0.2) is 0 Å². The summed E-state index contributed by atoms with van der Waals surface area (Å²) in [7, 11) is 0. The van der Waals surface area contributed by atoms with E-state index in [9.17, 15) is 0 Å². The molecule has 0 saturated carbocycles. The standard InChI is InChI=1S/C15H24Cl2N2/c1-4-7-19(11-15(2,3)10-18)9-12-8-13(16)5-6-14(12)17/h5-6,8H,4,7,9-11,18H2,1-3H3. The number of benzene rings is 1. The predicted octanol–water partition coefficient (Wildman–Crippen LogP) is 4.19. The van der Waals surface area contributed by atoms with Gasteiger partial charge in [-0.15, -0.1) is 0 Å². The Morgan fingerprint density at radius 2 is 1.95 bits per heavy atom. The molecule has 0 aliphatic heterocycles. The Labute approximate surface area is 126 Å². The first-order chi connectivity index (χ1) is 8.88. The van der Waals surface area contributed by atoms with Gasteiger partial charge in [0.05, 0.1) is 0 Å². The summed E-state index contributed by atoms with van der Waals surface area (Å²) >= 11 is 12.3. The Morgan fingerprint density at radius 1 is 1.26 bits per heavy atom. The quantitative estimate of drug-likeness (QED) is 0.818. The first kappa shape index (κ1) is 16.8. The molecule has 0 saturated heterocycles. The summed E-state index contributed by atoms with van der Waals surface area (Å²) in [5, 5.41) is 1.50. The van der Waals surface area contributed by atoms with Crippen LogP contribution in [-0.4, -0.2) is 24.5 Å². The van der Waals surface area contributed by atoms with Gasteiger partial charge in [0, 0.05) is 23.1 Å². The van der Waals surface area contributed by atoms with E-state index >= 15 is 0 Å². The van der Waals surface area contributed by atoms with Crippen LogP contribution in [0.3, 0.4) is 0 Å². The third kappa shape index (κ3) is 5.70. The van der Waals surface area contributed by atoms with Crippen LogP contribution in [0.2, 0.25) is 10.0 Å². The summed E-state index contributed by atoms with van der Waals surface area (Å²) in [6.07, 6.45) is 1.11. The predicted molar refractivity (Wildman–Crippen MR) is 84.9 cm³/mol. The molecule has 2 N–H and O–H groups in total. The minimum Gasteiger partial charge on any atom is -0.330 e. The second-order valence-corrected chi connectivity index (χ2v) is 6.66. The van der Waals surface area contributed by atoms with Crippen molar-refractivity contribution < 1.29 is 0 Å². The summed E-state index contributed by atoms with van der Waals surface area (Å²) in [5.74, 6) is 0. The molecule has 1 aromatic rings. The normalized spacial score (nSPS) is 12.2. The summed E-state index contributed by atoms with van der Waals surface area (Å²) in [6.45, 7) is 10.0. The fourth-order valence-corrected chi connectivity index (χ4v) is 2.48. The summed E-state index contributed by atoms with van der Waals surface area (Å²) in [6, 6.07) is 5.63. The third-order valence-electron chi connectivity index (χ3n) is 3.15. The van der Waals surface area contributed by atoms with Gasteiger partial charge in [-0.3, -0.25) is 4.90 Å². The highest BCUT2D eigenvalue weighted by atomic mass is 35.5. The molecule has 0 aliphatic rings. The van der Waals surface area contributed by atoms with Gasteiger partial charge in [0.2, 0.25) is 0 Å². The van der Waals surface area contributed by atoms with Crippen molar-refractivity contribution >= 4 is 23.2 Å². The van der Waals surface area contributed by atoms with Gasteiger partial charge < -0.3 is 5.73 Å². The van der Waals surface area contributed by atoms with Gasteiger partial charge in [0.25, 0.3) is 0 Å². The monoisotopic (exact) mass is 302 g/mol. The fraction of sp³-hybridized carbons (Fsp3) is 0.600. The Kier molecular flexibility index (Phi) is 6.61. The van der Waals surface area contributed by atoms with Crippen molar-refractivity contribution in [1.29, 1.82) is 0 Å². The van der Waals surface area contributed by atoms with Crippen molar-refractivity contribution in [3.63, 3.8) is 0 Å². The Balaban J connectivity index is 2.80. The van der Waals surface area contributed by atoms with Crippen LogP contribution >= 0.6 is 23.2 Å². The zero-order valence-electron chi connectivity index (χ0n) is 12.0. The van der Waals surface area contributed by atoms with Crippen LogP contribution in [0.25, 0.3) is 0 Å². The van der Waals surface area contributed by atoms with Gasteiger partial charge in [-0.05, 0) is 48.7 Å². The lowest BCUT2D eigenvalue weighted by molar-refractivity contribution is 0.176. The van der Waals surface area contributed by atoms with Gasteiger partial charge in [-0.1, -0.05) is 44.0 Å². The molecule has 4 heteroatoms. The minimum absolute atomic E-state index is 0.111. The maximum atomic E-state index is 6.24. The third-order valence-corrected chi connectivity index (χ3v) is 3.75. The highest BCUT2D eigenvalue weighted by Crippen LogP contribution is 2.24. The number of rotatable bonds is 7. The maximum absolute atomic E-state index is 6.24. The number of hydrogen-bond donors (Lipinski definition) is 1. The molecular formula is C15H24Cl2N2. The lowest BCUT2D eigenvalue weighted by atomic mass is 9.93. The minimum atomic E-state index is 0.111. The van der Waals surface area contributed by atoms with Gasteiger partial charge in [-0.25, -0.2) is 0 Å². The molecule has 0 atom stereocenters. The molecule has 0 radical (unpaired) electrons. The topological polar surface area (TPSA) is 29.3 Å². The molecule has 0 fully saturated rings. The number of hydrogen-bond acceptors (Lipinski definition) is 2. The molecule has 0 unspecified atom stereocenters. The lowest BCUT2D eigenvalue weighted by Gasteiger charge is -2.32. The van der Waals surface area contributed by atoms with E-state index < -0.39 is 0 Å². The van der Waals surface area contributed by atoms with Crippen LogP contribution in [0.15, 0.2) is 18.2 Å². The molecule has 0 heterocycles. The van der Waals surface area contributed by atoms with E-state index in [0.717, 1.165) is 41.7 Å². The van der Waals surface area contributed by atoms with Crippen LogP contribution in [-0.2, 0) is 6.54 Å². The average Bonchev–Trinajstić information content (AvgIpc) is 2.34. The van der Waals surface area contributed by atoms with E-state index in [0.29, 0.717) is 6.54 Å². The molecule has 1 aromatic carbocycles. The average molecular weight is 303 g/mol. The van der Waals surface area contributed by atoms with Crippen molar-refractivity contribution in [1.82, 2.24) is 4.90 Å². The Hall–Kier alpha value is -0.280. The Bertz CT molecular complexity index is 405. The van der Waals surface area contributed by atoms with Crippen molar-refractivity contribution in [3.8, 4) is 0 Å². The van der Waals surface area contributed by atoms with E-state index in [2.05, 4.69) is 25.7 Å². The highest BCUT2D eigenvalue weighted by molar-refractivity contribution is 6.33.